The second-order valence-electron chi connectivity index (χ2n) is 10.0. The third-order valence-electron chi connectivity index (χ3n) is 7.34. The summed E-state index contributed by atoms with van der Waals surface area (Å²) in [5.41, 5.74) is 1.84. The van der Waals surface area contributed by atoms with E-state index in [1.54, 1.807) is 12.1 Å². The number of benzene rings is 2. The highest BCUT2D eigenvalue weighted by atomic mass is 16.5. The Balaban J connectivity index is 1.39. The first-order valence-electron chi connectivity index (χ1n) is 13.2. The van der Waals surface area contributed by atoms with E-state index in [9.17, 15) is 4.79 Å². The number of ether oxygens (including phenoxy) is 2. The van der Waals surface area contributed by atoms with E-state index in [2.05, 4.69) is 38.6 Å². The van der Waals surface area contributed by atoms with Gasteiger partial charge >= 0.3 is 5.97 Å². The van der Waals surface area contributed by atoms with Crippen molar-refractivity contribution in [2.75, 3.05) is 6.61 Å². The van der Waals surface area contributed by atoms with Crippen LogP contribution >= 0.6 is 0 Å². The van der Waals surface area contributed by atoms with E-state index in [1.165, 1.54) is 56.9 Å². The van der Waals surface area contributed by atoms with Gasteiger partial charge in [0.1, 0.15) is 11.5 Å². The quantitative estimate of drug-likeness (QED) is 0.130. The van der Waals surface area contributed by atoms with E-state index in [0.29, 0.717) is 17.9 Å². The lowest BCUT2D eigenvalue weighted by atomic mass is 9.78. The van der Waals surface area contributed by atoms with Gasteiger partial charge in [-0.05, 0) is 105 Å². The fourth-order valence-corrected chi connectivity index (χ4v) is 4.77. The van der Waals surface area contributed by atoms with Gasteiger partial charge in [0.2, 0.25) is 0 Å². The van der Waals surface area contributed by atoms with Gasteiger partial charge in [0.05, 0.1) is 12.2 Å². The molecular weight excluding hydrogens is 420 g/mol. The van der Waals surface area contributed by atoms with E-state index in [-0.39, 0.29) is 5.97 Å². The molecule has 0 aromatic heterocycles. The molecule has 2 aromatic rings. The summed E-state index contributed by atoms with van der Waals surface area (Å²) in [6.07, 6.45) is 14.4. The fourth-order valence-electron chi connectivity index (χ4n) is 4.77. The van der Waals surface area contributed by atoms with Crippen molar-refractivity contribution in [1.29, 1.82) is 0 Å². The number of esters is 1. The van der Waals surface area contributed by atoms with Crippen molar-refractivity contribution in [3.63, 3.8) is 0 Å². The molecule has 0 unspecified atom stereocenters. The normalized spacial score (nSPS) is 18.8. The lowest BCUT2D eigenvalue weighted by Crippen LogP contribution is -2.14. The zero-order valence-corrected chi connectivity index (χ0v) is 21.1. The van der Waals surface area contributed by atoms with Crippen molar-refractivity contribution < 1.29 is 14.3 Å². The molecular formula is C31H42O3. The van der Waals surface area contributed by atoms with Gasteiger partial charge in [-0.1, -0.05) is 51.3 Å². The van der Waals surface area contributed by atoms with Crippen molar-refractivity contribution in [1.82, 2.24) is 0 Å². The van der Waals surface area contributed by atoms with Crippen molar-refractivity contribution in [3.05, 3.63) is 72.3 Å². The molecule has 1 atom stereocenters. The van der Waals surface area contributed by atoms with Gasteiger partial charge in [0.15, 0.2) is 0 Å². The maximum atomic E-state index is 12.5. The largest absolute Gasteiger partial charge is 0.494 e. The topological polar surface area (TPSA) is 35.5 Å². The Kier molecular flexibility index (Phi) is 10.7. The lowest BCUT2D eigenvalue weighted by Gasteiger charge is -2.27. The fraction of sp³-hybridized carbons (Fsp3) is 0.516. The van der Waals surface area contributed by atoms with Gasteiger partial charge in [-0.25, -0.2) is 4.79 Å². The van der Waals surface area contributed by atoms with E-state index in [1.807, 2.05) is 24.3 Å². The molecule has 0 bridgehead atoms. The molecule has 0 amide bonds. The molecule has 1 saturated carbocycles. The molecule has 0 radical (unpaired) electrons. The predicted molar refractivity (Wildman–Crippen MR) is 141 cm³/mol. The minimum absolute atomic E-state index is 0.340. The SMILES string of the molecule is C=CCC1CCC(CCc2ccc(OC(=O)c3ccc(OCCC[C@@H](C)CC)cc3)cc2)CC1. The molecule has 3 heteroatoms. The van der Waals surface area contributed by atoms with Gasteiger partial charge in [-0.15, -0.1) is 6.58 Å². The van der Waals surface area contributed by atoms with E-state index >= 15 is 0 Å². The van der Waals surface area contributed by atoms with Gasteiger partial charge in [0, 0.05) is 0 Å². The van der Waals surface area contributed by atoms with Crippen LogP contribution in [0.15, 0.2) is 61.2 Å². The van der Waals surface area contributed by atoms with Crippen LogP contribution in [0.2, 0.25) is 0 Å². The van der Waals surface area contributed by atoms with E-state index in [0.717, 1.165) is 36.3 Å². The third-order valence-corrected chi connectivity index (χ3v) is 7.34. The molecule has 0 heterocycles. The predicted octanol–water partition coefficient (Wildman–Crippen LogP) is 8.43. The van der Waals surface area contributed by atoms with Gasteiger partial charge in [0.25, 0.3) is 0 Å². The monoisotopic (exact) mass is 462 g/mol. The summed E-state index contributed by atoms with van der Waals surface area (Å²) in [4.78, 5) is 12.5. The molecule has 1 fully saturated rings. The highest BCUT2D eigenvalue weighted by molar-refractivity contribution is 5.91. The van der Waals surface area contributed by atoms with Gasteiger partial charge in [-0.2, -0.15) is 0 Å². The Morgan fingerprint density at radius 2 is 1.65 bits per heavy atom. The molecule has 0 N–H and O–H groups in total. The summed E-state index contributed by atoms with van der Waals surface area (Å²) in [6, 6.07) is 15.2. The van der Waals surface area contributed by atoms with Crippen molar-refractivity contribution >= 4 is 5.97 Å². The Bertz CT molecular complexity index is 861. The number of carbonyl (C=O) groups is 1. The lowest BCUT2D eigenvalue weighted by molar-refractivity contribution is 0.0734. The van der Waals surface area contributed by atoms with Crippen LogP contribution in [-0.4, -0.2) is 12.6 Å². The van der Waals surface area contributed by atoms with Crippen LogP contribution in [-0.2, 0) is 6.42 Å². The summed E-state index contributed by atoms with van der Waals surface area (Å²) < 4.78 is 11.4. The average Bonchev–Trinajstić information content (AvgIpc) is 2.87. The van der Waals surface area contributed by atoms with Crippen molar-refractivity contribution in [2.45, 2.75) is 78.1 Å². The molecule has 184 valence electrons. The Hall–Kier alpha value is -2.55. The number of rotatable bonds is 13. The number of hydrogen-bond donors (Lipinski definition) is 0. The van der Waals surface area contributed by atoms with E-state index in [4.69, 9.17) is 9.47 Å². The minimum atomic E-state index is -0.340. The number of hydrogen-bond acceptors (Lipinski definition) is 3. The second kappa shape index (κ2) is 14.0. The zero-order chi connectivity index (χ0) is 24.2. The third kappa shape index (κ3) is 8.66. The van der Waals surface area contributed by atoms with E-state index < -0.39 is 0 Å². The van der Waals surface area contributed by atoms with Crippen LogP contribution in [0.5, 0.6) is 11.5 Å². The first kappa shape index (κ1) is 26.1. The van der Waals surface area contributed by atoms with Crippen LogP contribution in [0.4, 0.5) is 0 Å². The molecule has 1 aliphatic rings. The average molecular weight is 463 g/mol. The molecule has 0 spiro atoms. The van der Waals surface area contributed by atoms with Crippen LogP contribution in [0, 0.1) is 17.8 Å². The molecule has 0 aliphatic heterocycles. The molecule has 34 heavy (non-hydrogen) atoms. The van der Waals surface area contributed by atoms with Crippen LogP contribution in [0.3, 0.4) is 0 Å². The van der Waals surface area contributed by atoms with Crippen molar-refractivity contribution in [2.24, 2.45) is 17.8 Å². The first-order valence-corrected chi connectivity index (χ1v) is 13.2. The zero-order valence-electron chi connectivity index (χ0n) is 21.1. The molecule has 1 aliphatic carbocycles. The maximum absolute atomic E-state index is 12.5. The van der Waals surface area contributed by atoms with Gasteiger partial charge in [-0.3, -0.25) is 0 Å². The van der Waals surface area contributed by atoms with Crippen LogP contribution < -0.4 is 9.47 Å². The van der Waals surface area contributed by atoms with Crippen LogP contribution in [0.25, 0.3) is 0 Å². The first-order chi connectivity index (χ1) is 16.6. The second-order valence-corrected chi connectivity index (χ2v) is 10.0. The number of allylic oxidation sites excluding steroid dienone is 1. The highest BCUT2D eigenvalue weighted by Gasteiger charge is 2.20. The summed E-state index contributed by atoms with van der Waals surface area (Å²) in [7, 11) is 0. The Labute approximate surface area is 206 Å². The standard InChI is InChI=1S/C31H42O3/c1-4-7-25-9-11-26(12-10-25)13-14-27-15-19-30(20-16-27)34-31(32)28-17-21-29(22-18-28)33-23-6-8-24(3)5-2/h4,15-22,24-26H,1,5-14,23H2,2-3H3/t24-,25?,26?/m0/s1. The summed E-state index contributed by atoms with van der Waals surface area (Å²) in [5, 5.41) is 0. The molecule has 2 aromatic carbocycles. The number of carbonyl (C=O) groups excluding carboxylic acids is 1. The minimum Gasteiger partial charge on any atom is -0.494 e. The highest BCUT2D eigenvalue weighted by Crippen LogP contribution is 2.33. The summed E-state index contributed by atoms with van der Waals surface area (Å²) in [5.74, 6) is 3.47. The Morgan fingerprint density at radius 3 is 2.29 bits per heavy atom. The summed E-state index contributed by atoms with van der Waals surface area (Å²) in [6.45, 7) is 9.07. The Morgan fingerprint density at radius 1 is 1.00 bits per heavy atom. The molecule has 3 nitrogen and oxygen atoms in total. The molecule has 3 rings (SSSR count). The van der Waals surface area contributed by atoms with Crippen LogP contribution in [0.1, 0.15) is 87.6 Å². The maximum Gasteiger partial charge on any atom is 0.343 e. The number of aryl methyl sites for hydroxylation is 1. The molecule has 0 saturated heterocycles. The smallest absolute Gasteiger partial charge is 0.343 e. The van der Waals surface area contributed by atoms with Crippen molar-refractivity contribution in [3.8, 4) is 11.5 Å². The van der Waals surface area contributed by atoms with Gasteiger partial charge < -0.3 is 9.47 Å². The summed E-state index contributed by atoms with van der Waals surface area (Å²) >= 11 is 0.